The van der Waals surface area contributed by atoms with Gasteiger partial charge in [0.15, 0.2) is 11.0 Å². The highest BCUT2D eigenvalue weighted by molar-refractivity contribution is 7.99. The van der Waals surface area contributed by atoms with E-state index in [1.165, 1.54) is 17.3 Å². The van der Waals surface area contributed by atoms with Crippen LogP contribution in [0.3, 0.4) is 0 Å². The van der Waals surface area contributed by atoms with E-state index in [4.69, 9.17) is 0 Å². The highest BCUT2D eigenvalue weighted by Gasteiger charge is 2.22. The number of hydrogen-bond donors (Lipinski definition) is 0. The third kappa shape index (κ3) is 5.90. The monoisotopic (exact) mass is 496 g/mol. The maximum Gasteiger partial charge on any atom is 0.233 e. The Bertz CT molecular complexity index is 1290. The zero-order valence-corrected chi connectivity index (χ0v) is 20.8. The molecular weight excluding hydrogens is 468 g/mol. The molecule has 8 heteroatoms. The van der Waals surface area contributed by atoms with Gasteiger partial charge in [-0.2, -0.15) is 0 Å². The highest BCUT2D eigenvalue weighted by atomic mass is 32.2. The zero-order valence-electron chi connectivity index (χ0n) is 20.0. The first-order valence-corrected chi connectivity index (χ1v) is 13.0. The molecule has 5 rings (SSSR count). The topological polar surface area (TPSA) is 67.2 Å². The van der Waals surface area contributed by atoms with Crippen LogP contribution in [0.25, 0.3) is 23.2 Å². The van der Waals surface area contributed by atoms with Gasteiger partial charge in [0.05, 0.1) is 5.75 Å². The largest absolute Gasteiger partial charge is 0.339 e. The van der Waals surface area contributed by atoms with Crippen LogP contribution in [-0.4, -0.2) is 73.9 Å². The molecule has 7 nitrogen and oxygen atoms in total. The minimum absolute atomic E-state index is 0.130. The summed E-state index contributed by atoms with van der Waals surface area (Å²) in [5.41, 5.74) is 3.04. The lowest BCUT2D eigenvalue weighted by Gasteiger charge is -2.34. The SMILES string of the molecule is O=C(CSc1nnc(-c2cccnc2)n1-c1ccccc1)N1CCN(C/C=C/c2ccccc2)CC1. The van der Waals surface area contributed by atoms with Crippen LogP contribution in [0.4, 0.5) is 0 Å². The quantitative estimate of drug-likeness (QED) is 0.339. The molecule has 1 saturated heterocycles. The van der Waals surface area contributed by atoms with Crippen molar-refractivity contribution < 1.29 is 4.79 Å². The van der Waals surface area contributed by atoms with E-state index in [-0.39, 0.29) is 5.91 Å². The number of para-hydroxylation sites is 1. The van der Waals surface area contributed by atoms with Crippen molar-refractivity contribution in [1.29, 1.82) is 0 Å². The Morgan fingerprint density at radius 3 is 2.36 bits per heavy atom. The summed E-state index contributed by atoms with van der Waals surface area (Å²) in [5.74, 6) is 1.16. The smallest absolute Gasteiger partial charge is 0.233 e. The molecular formula is C28H28N6OS. The van der Waals surface area contributed by atoms with Gasteiger partial charge in [0.2, 0.25) is 5.91 Å². The average Bonchev–Trinajstić information content (AvgIpc) is 3.38. The number of thioether (sulfide) groups is 1. The van der Waals surface area contributed by atoms with Gasteiger partial charge in [0, 0.05) is 56.4 Å². The minimum Gasteiger partial charge on any atom is -0.339 e. The highest BCUT2D eigenvalue weighted by Crippen LogP contribution is 2.27. The van der Waals surface area contributed by atoms with E-state index >= 15 is 0 Å². The van der Waals surface area contributed by atoms with E-state index < -0.39 is 0 Å². The molecule has 1 amide bonds. The predicted octanol–water partition coefficient (Wildman–Crippen LogP) is 4.28. The van der Waals surface area contributed by atoms with E-state index in [0.29, 0.717) is 16.7 Å². The summed E-state index contributed by atoms with van der Waals surface area (Å²) in [6.45, 7) is 4.13. The Hall–Kier alpha value is -3.75. The average molecular weight is 497 g/mol. The first-order valence-electron chi connectivity index (χ1n) is 12.0. The summed E-state index contributed by atoms with van der Waals surface area (Å²) in [5, 5.41) is 9.54. The lowest BCUT2D eigenvalue weighted by molar-refractivity contribution is -0.130. The van der Waals surface area contributed by atoms with Crippen molar-refractivity contribution in [2.24, 2.45) is 0 Å². The van der Waals surface area contributed by atoms with Crippen molar-refractivity contribution in [2.75, 3.05) is 38.5 Å². The van der Waals surface area contributed by atoms with Crippen molar-refractivity contribution in [3.63, 3.8) is 0 Å². The third-order valence-corrected chi connectivity index (χ3v) is 7.00. The normalized spacial score (nSPS) is 14.4. The molecule has 0 saturated carbocycles. The fraction of sp³-hybridized carbons (Fsp3) is 0.214. The van der Waals surface area contributed by atoms with Crippen LogP contribution in [0, 0.1) is 0 Å². The Labute approximate surface area is 215 Å². The number of amides is 1. The van der Waals surface area contributed by atoms with Crippen molar-refractivity contribution in [3.8, 4) is 17.1 Å². The van der Waals surface area contributed by atoms with Gasteiger partial charge in [-0.1, -0.05) is 72.4 Å². The molecule has 0 atom stereocenters. The first kappa shape index (κ1) is 24.0. The summed E-state index contributed by atoms with van der Waals surface area (Å²) in [6, 6.07) is 24.1. The van der Waals surface area contributed by atoms with E-state index in [2.05, 4.69) is 44.4 Å². The lowest BCUT2D eigenvalue weighted by Crippen LogP contribution is -2.49. The number of carbonyl (C=O) groups excluding carboxylic acids is 1. The minimum atomic E-state index is 0.130. The lowest BCUT2D eigenvalue weighted by atomic mass is 10.2. The van der Waals surface area contributed by atoms with Gasteiger partial charge in [-0.25, -0.2) is 0 Å². The molecule has 1 aliphatic rings. The number of benzene rings is 2. The first-order chi connectivity index (χ1) is 17.8. The van der Waals surface area contributed by atoms with Crippen LogP contribution in [-0.2, 0) is 4.79 Å². The van der Waals surface area contributed by atoms with Gasteiger partial charge in [0.25, 0.3) is 0 Å². The predicted molar refractivity (Wildman–Crippen MR) is 144 cm³/mol. The second-order valence-electron chi connectivity index (χ2n) is 8.50. The van der Waals surface area contributed by atoms with Gasteiger partial charge in [0.1, 0.15) is 0 Å². The molecule has 182 valence electrons. The third-order valence-electron chi connectivity index (χ3n) is 6.09. The molecule has 3 heterocycles. The molecule has 0 spiro atoms. The summed E-state index contributed by atoms with van der Waals surface area (Å²) < 4.78 is 1.99. The number of rotatable bonds is 8. The second kappa shape index (κ2) is 11.8. The molecule has 0 bridgehead atoms. The number of nitrogens with zero attached hydrogens (tertiary/aromatic N) is 6. The number of pyridine rings is 1. The van der Waals surface area contributed by atoms with Gasteiger partial charge in [-0.3, -0.25) is 19.2 Å². The Morgan fingerprint density at radius 2 is 1.64 bits per heavy atom. The molecule has 4 aromatic rings. The van der Waals surface area contributed by atoms with Crippen molar-refractivity contribution in [3.05, 3.63) is 96.8 Å². The van der Waals surface area contributed by atoms with Gasteiger partial charge in [-0.15, -0.1) is 10.2 Å². The Kier molecular flexibility index (Phi) is 7.85. The van der Waals surface area contributed by atoms with Crippen LogP contribution in [0.15, 0.2) is 96.4 Å². The van der Waals surface area contributed by atoms with Crippen LogP contribution in [0.2, 0.25) is 0 Å². The summed E-state index contributed by atoms with van der Waals surface area (Å²) in [4.78, 5) is 21.6. The van der Waals surface area contributed by atoms with Crippen LogP contribution < -0.4 is 0 Å². The van der Waals surface area contributed by atoms with Crippen LogP contribution >= 0.6 is 11.8 Å². The van der Waals surface area contributed by atoms with Gasteiger partial charge in [-0.05, 0) is 29.8 Å². The molecule has 1 fully saturated rings. The zero-order chi connectivity index (χ0) is 24.6. The molecule has 0 unspecified atom stereocenters. The maximum absolute atomic E-state index is 13.0. The van der Waals surface area contributed by atoms with Gasteiger partial charge >= 0.3 is 0 Å². The van der Waals surface area contributed by atoms with E-state index in [9.17, 15) is 4.79 Å². The van der Waals surface area contributed by atoms with Crippen molar-refractivity contribution in [1.82, 2.24) is 29.5 Å². The molecule has 0 radical (unpaired) electrons. The molecule has 36 heavy (non-hydrogen) atoms. The van der Waals surface area contributed by atoms with E-state index in [1.54, 1.807) is 12.4 Å². The summed E-state index contributed by atoms with van der Waals surface area (Å²) in [6.07, 6.45) is 7.85. The Balaban J connectivity index is 1.19. The molecule has 2 aromatic carbocycles. The summed E-state index contributed by atoms with van der Waals surface area (Å²) >= 11 is 1.42. The molecule has 0 N–H and O–H groups in total. The number of piperazine rings is 1. The molecule has 1 aliphatic heterocycles. The van der Waals surface area contributed by atoms with Crippen LogP contribution in [0.5, 0.6) is 0 Å². The van der Waals surface area contributed by atoms with Gasteiger partial charge < -0.3 is 4.90 Å². The Morgan fingerprint density at radius 1 is 0.889 bits per heavy atom. The standard InChI is InChI=1S/C28H28N6OS/c35-26(33-19-17-32(18-20-33)16-8-11-23-9-3-1-4-10-23)22-36-28-31-30-27(24-12-7-15-29-21-24)34(28)25-13-5-2-6-14-25/h1-15,21H,16-20,22H2/b11-8+. The fourth-order valence-electron chi connectivity index (χ4n) is 4.15. The number of hydrogen-bond acceptors (Lipinski definition) is 6. The fourth-order valence-corrected chi connectivity index (χ4v) is 5.01. The second-order valence-corrected chi connectivity index (χ2v) is 9.44. The van der Waals surface area contributed by atoms with Crippen molar-refractivity contribution in [2.45, 2.75) is 5.16 Å². The molecule has 0 aliphatic carbocycles. The molecule has 2 aromatic heterocycles. The summed E-state index contributed by atoms with van der Waals surface area (Å²) in [7, 11) is 0. The van der Waals surface area contributed by atoms with Crippen LogP contribution in [0.1, 0.15) is 5.56 Å². The van der Waals surface area contributed by atoms with E-state index in [0.717, 1.165) is 44.0 Å². The number of carbonyl (C=O) groups is 1. The van der Waals surface area contributed by atoms with Crippen molar-refractivity contribution >= 4 is 23.7 Å². The van der Waals surface area contributed by atoms with E-state index in [1.807, 2.05) is 70.1 Å². The maximum atomic E-state index is 13.0. The number of aromatic nitrogens is 4.